The third-order valence-electron chi connectivity index (χ3n) is 5.18. The standard InChI is InChI=1S/C19H27NO3/c1-13-4-7-15(8-5-13)20-18(21)19(2,3)14-6-9-16-17(12-14)23-11-10-22-16/h6,9,12-13,15H,4-5,7-8,10-11H2,1-3H3,(H,20,21). The van der Waals surface area contributed by atoms with Gasteiger partial charge in [0.2, 0.25) is 5.91 Å². The van der Waals surface area contributed by atoms with Crippen LogP contribution < -0.4 is 14.8 Å². The smallest absolute Gasteiger partial charge is 0.230 e. The summed E-state index contributed by atoms with van der Waals surface area (Å²) >= 11 is 0. The van der Waals surface area contributed by atoms with Gasteiger partial charge in [-0.2, -0.15) is 0 Å². The van der Waals surface area contributed by atoms with Crippen LogP contribution >= 0.6 is 0 Å². The quantitative estimate of drug-likeness (QED) is 0.929. The van der Waals surface area contributed by atoms with Crippen molar-refractivity contribution in [2.45, 2.75) is 57.9 Å². The number of hydrogen-bond donors (Lipinski definition) is 1. The minimum Gasteiger partial charge on any atom is -0.486 e. The number of carbonyl (C=O) groups excluding carboxylic acids is 1. The lowest BCUT2D eigenvalue weighted by atomic mass is 9.82. The van der Waals surface area contributed by atoms with E-state index in [1.165, 1.54) is 12.8 Å². The Morgan fingerprint density at radius 2 is 1.74 bits per heavy atom. The van der Waals surface area contributed by atoms with E-state index in [1.807, 2.05) is 32.0 Å². The lowest BCUT2D eigenvalue weighted by Crippen LogP contribution is -2.46. The molecule has 1 aliphatic carbocycles. The topological polar surface area (TPSA) is 47.6 Å². The minimum absolute atomic E-state index is 0.0914. The van der Waals surface area contributed by atoms with Crippen LogP contribution in [0.1, 0.15) is 52.0 Å². The highest BCUT2D eigenvalue weighted by Gasteiger charge is 2.33. The molecule has 0 unspecified atom stereocenters. The molecule has 126 valence electrons. The number of benzene rings is 1. The van der Waals surface area contributed by atoms with Crippen molar-refractivity contribution < 1.29 is 14.3 Å². The van der Waals surface area contributed by atoms with Crippen LogP contribution in [0.3, 0.4) is 0 Å². The molecule has 1 aliphatic heterocycles. The molecule has 0 atom stereocenters. The Balaban J connectivity index is 1.71. The second kappa shape index (κ2) is 6.42. The second-order valence-electron chi connectivity index (χ2n) is 7.41. The van der Waals surface area contributed by atoms with Crippen LogP contribution in [-0.2, 0) is 10.2 Å². The maximum absolute atomic E-state index is 12.8. The average molecular weight is 317 g/mol. The predicted molar refractivity (Wildman–Crippen MR) is 90.0 cm³/mol. The molecule has 1 fully saturated rings. The first kappa shape index (κ1) is 16.2. The van der Waals surface area contributed by atoms with E-state index in [1.54, 1.807) is 0 Å². The van der Waals surface area contributed by atoms with Gasteiger partial charge >= 0.3 is 0 Å². The van der Waals surface area contributed by atoms with Gasteiger partial charge in [-0.1, -0.05) is 13.0 Å². The summed E-state index contributed by atoms with van der Waals surface area (Å²) in [6.07, 6.45) is 4.58. The number of carbonyl (C=O) groups is 1. The van der Waals surface area contributed by atoms with Gasteiger partial charge in [0, 0.05) is 6.04 Å². The molecule has 1 saturated carbocycles. The lowest BCUT2D eigenvalue weighted by molar-refractivity contribution is -0.126. The lowest BCUT2D eigenvalue weighted by Gasteiger charge is -2.32. The molecule has 4 heteroatoms. The van der Waals surface area contributed by atoms with Crippen LogP contribution in [0.2, 0.25) is 0 Å². The SMILES string of the molecule is CC1CCC(NC(=O)C(C)(C)c2ccc3c(c2)OCCO3)CC1. The fraction of sp³-hybridized carbons (Fsp3) is 0.632. The van der Waals surface area contributed by atoms with Crippen molar-refractivity contribution in [1.29, 1.82) is 0 Å². The molecule has 3 rings (SSSR count). The molecule has 1 N–H and O–H groups in total. The Labute approximate surface area is 138 Å². The fourth-order valence-electron chi connectivity index (χ4n) is 3.33. The van der Waals surface area contributed by atoms with Crippen molar-refractivity contribution >= 4 is 5.91 Å². The van der Waals surface area contributed by atoms with Crippen molar-refractivity contribution in [3.8, 4) is 11.5 Å². The Bertz CT molecular complexity index is 574. The van der Waals surface area contributed by atoms with Crippen LogP contribution in [-0.4, -0.2) is 25.2 Å². The van der Waals surface area contributed by atoms with Crippen molar-refractivity contribution in [3.05, 3.63) is 23.8 Å². The number of nitrogens with one attached hydrogen (secondary N) is 1. The first-order valence-electron chi connectivity index (χ1n) is 8.68. The first-order chi connectivity index (χ1) is 11.0. The molecule has 1 amide bonds. The average Bonchev–Trinajstić information content (AvgIpc) is 2.56. The number of ether oxygens (including phenoxy) is 2. The van der Waals surface area contributed by atoms with Gasteiger partial charge in [-0.15, -0.1) is 0 Å². The summed E-state index contributed by atoms with van der Waals surface area (Å²) in [5.74, 6) is 2.38. The minimum atomic E-state index is -0.584. The highest BCUT2D eigenvalue weighted by atomic mass is 16.6. The second-order valence-corrected chi connectivity index (χ2v) is 7.41. The van der Waals surface area contributed by atoms with Crippen LogP contribution in [0.4, 0.5) is 0 Å². The Hall–Kier alpha value is -1.71. The largest absolute Gasteiger partial charge is 0.486 e. The third kappa shape index (κ3) is 3.46. The zero-order chi connectivity index (χ0) is 16.4. The van der Waals surface area contributed by atoms with E-state index in [9.17, 15) is 4.79 Å². The van der Waals surface area contributed by atoms with Crippen molar-refractivity contribution in [2.24, 2.45) is 5.92 Å². The molecular weight excluding hydrogens is 290 g/mol. The van der Waals surface area contributed by atoms with Gasteiger partial charge in [0.25, 0.3) is 0 Å². The summed E-state index contributed by atoms with van der Waals surface area (Å²) in [4.78, 5) is 12.8. The number of hydrogen-bond acceptors (Lipinski definition) is 3. The van der Waals surface area contributed by atoms with Crippen LogP contribution in [0.5, 0.6) is 11.5 Å². The van der Waals surface area contributed by atoms with E-state index in [2.05, 4.69) is 12.2 Å². The number of fused-ring (bicyclic) bond motifs is 1. The Morgan fingerprint density at radius 3 is 2.43 bits per heavy atom. The molecule has 0 radical (unpaired) electrons. The van der Waals surface area contributed by atoms with E-state index >= 15 is 0 Å². The molecule has 0 aromatic heterocycles. The summed E-state index contributed by atoms with van der Waals surface area (Å²) in [5.41, 5.74) is 0.377. The van der Waals surface area contributed by atoms with Gasteiger partial charge in [-0.25, -0.2) is 0 Å². The monoisotopic (exact) mass is 317 g/mol. The van der Waals surface area contributed by atoms with Gasteiger partial charge in [-0.3, -0.25) is 4.79 Å². The van der Waals surface area contributed by atoms with Crippen LogP contribution in [0.25, 0.3) is 0 Å². The van der Waals surface area contributed by atoms with Crippen LogP contribution in [0.15, 0.2) is 18.2 Å². The molecule has 2 aliphatic rings. The van der Waals surface area contributed by atoms with Crippen molar-refractivity contribution in [2.75, 3.05) is 13.2 Å². The third-order valence-corrected chi connectivity index (χ3v) is 5.18. The Morgan fingerprint density at radius 1 is 1.09 bits per heavy atom. The first-order valence-corrected chi connectivity index (χ1v) is 8.68. The summed E-state index contributed by atoms with van der Waals surface area (Å²) < 4.78 is 11.2. The van der Waals surface area contributed by atoms with E-state index in [4.69, 9.17) is 9.47 Å². The Kier molecular flexibility index (Phi) is 4.51. The molecular formula is C19H27NO3. The molecule has 1 aromatic carbocycles. The van der Waals surface area contributed by atoms with E-state index < -0.39 is 5.41 Å². The predicted octanol–water partition coefficient (Wildman–Crippen LogP) is 3.43. The highest BCUT2D eigenvalue weighted by Crippen LogP contribution is 2.35. The molecule has 0 bridgehead atoms. The molecule has 0 saturated heterocycles. The van der Waals surface area contributed by atoms with E-state index in [0.717, 1.165) is 35.8 Å². The molecule has 1 heterocycles. The summed E-state index contributed by atoms with van der Waals surface area (Å²) in [7, 11) is 0. The van der Waals surface area contributed by atoms with E-state index in [0.29, 0.717) is 19.3 Å². The maximum Gasteiger partial charge on any atom is 0.230 e. The summed E-state index contributed by atoms with van der Waals surface area (Å²) in [5, 5.41) is 3.25. The highest BCUT2D eigenvalue weighted by molar-refractivity contribution is 5.87. The van der Waals surface area contributed by atoms with Crippen molar-refractivity contribution in [1.82, 2.24) is 5.32 Å². The van der Waals surface area contributed by atoms with Gasteiger partial charge < -0.3 is 14.8 Å². The van der Waals surface area contributed by atoms with Gasteiger partial charge in [0.05, 0.1) is 5.41 Å². The maximum atomic E-state index is 12.8. The summed E-state index contributed by atoms with van der Waals surface area (Å²) in [6, 6.07) is 6.13. The molecule has 23 heavy (non-hydrogen) atoms. The zero-order valence-electron chi connectivity index (χ0n) is 14.4. The van der Waals surface area contributed by atoms with E-state index in [-0.39, 0.29) is 5.91 Å². The number of amides is 1. The normalized spacial score (nSPS) is 24.1. The van der Waals surface area contributed by atoms with Crippen LogP contribution in [0, 0.1) is 5.92 Å². The van der Waals surface area contributed by atoms with Gasteiger partial charge in [-0.05, 0) is 63.1 Å². The van der Waals surface area contributed by atoms with Crippen molar-refractivity contribution in [3.63, 3.8) is 0 Å². The van der Waals surface area contributed by atoms with Gasteiger partial charge in [0.1, 0.15) is 13.2 Å². The molecule has 4 nitrogen and oxygen atoms in total. The summed E-state index contributed by atoms with van der Waals surface area (Å²) in [6.45, 7) is 7.37. The van der Waals surface area contributed by atoms with Gasteiger partial charge in [0.15, 0.2) is 11.5 Å². The molecule has 0 spiro atoms. The zero-order valence-corrected chi connectivity index (χ0v) is 14.4. The molecule has 1 aromatic rings. The fourth-order valence-corrected chi connectivity index (χ4v) is 3.33. The number of rotatable bonds is 3.